The highest BCUT2D eigenvalue weighted by atomic mass is 32.2. The van der Waals surface area contributed by atoms with Gasteiger partial charge in [0.1, 0.15) is 5.75 Å². The Labute approximate surface area is 153 Å². The topological polar surface area (TPSA) is 80.8 Å². The highest BCUT2D eigenvalue weighted by molar-refractivity contribution is 7.89. The molecule has 0 aliphatic heterocycles. The molecule has 0 radical (unpaired) electrons. The Hall–Kier alpha value is -2.51. The Kier molecular flexibility index (Phi) is 6.28. The van der Waals surface area contributed by atoms with Crippen LogP contribution in [0.15, 0.2) is 53.4 Å². The molecule has 0 unspecified atom stereocenters. The van der Waals surface area contributed by atoms with E-state index in [2.05, 4.69) is 0 Å². The largest absolute Gasteiger partial charge is 0.423 e. The number of carbonyl (C=O) groups is 2. The summed E-state index contributed by atoms with van der Waals surface area (Å²) in [6.07, 6.45) is 0. The highest BCUT2D eigenvalue weighted by Gasteiger charge is 2.23. The van der Waals surface area contributed by atoms with Gasteiger partial charge in [-0.3, -0.25) is 4.79 Å². The summed E-state index contributed by atoms with van der Waals surface area (Å²) in [5.41, 5.74) is 0.644. The number of esters is 1. The van der Waals surface area contributed by atoms with Crippen LogP contribution < -0.4 is 4.74 Å². The van der Waals surface area contributed by atoms with Crippen LogP contribution in [0.5, 0.6) is 5.75 Å². The molecule has 6 nitrogen and oxygen atoms in total. The van der Waals surface area contributed by atoms with Crippen molar-refractivity contribution in [1.29, 1.82) is 0 Å². The second-order valence-corrected chi connectivity index (χ2v) is 7.53. The molecule has 0 aliphatic rings. The number of nitrogens with zero attached hydrogens (tertiary/aromatic N) is 1. The van der Waals surface area contributed by atoms with Crippen molar-refractivity contribution >= 4 is 21.8 Å². The van der Waals surface area contributed by atoms with Gasteiger partial charge in [-0.25, -0.2) is 13.2 Å². The lowest BCUT2D eigenvalue weighted by molar-refractivity contribution is 0.0734. The maximum absolute atomic E-state index is 12.6. The Balaban J connectivity index is 2.24. The van der Waals surface area contributed by atoms with Crippen molar-refractivity contribution in [3.05, 3.63) is 59.7 Å². The zero-order valence-electron chi connectivity index (χ0n) is 14.9. The summed E-state index contributed by atoms with van der Waals surface area (Å²) >= 11 is 0. The smallest absolute Gasteiger partial charge is 0.343 e. The van der Waals surface area contributed by atoms with E-state index in [0.717, 1.165) is 0 Å². The summed E-state index contributed by atoms with van der Waals surface area (Å²) < 4.78 is 31.7. The average molecular weight is 375 g/mol. The monoisotopic (exact) mass is 375 g/mol. The van der Waals surface area contributed by atoms with E-state index in [1.165, 1.54) is 47.6 Å². The normalized spacial score (nSPS) is 11.4. The predicted molar refractivity (Wildman–Crippen MR) is 98.0 cm³/mol. The fourth-order valence-electron chi connectivity index (χ4n) is 2.42. The van der Waals surface area contributed by atoms with Crippen molar-refractivity contribution in [3.8, 4) is 5.75 Å². The van der Waals surface area contributed by atoms with Crippen molar-refractivity contribution in [1.82, 2.24) is 4.31 Å². The highest BCUT2D eigenvalue weighted by Crippen LogP contribution is 2.19. The second kappa shape index (κ2) is 8.25. The lowest BCUT2D eigenvalue weighted by atomic mass is 10.1. The molecule has 0 amide bonds. The number of Topliss-reactive ketones (excluding diaryl/α,β-unsaturated/α-hetero) is 1. The maximum Gasteiger partial charge on any atom is 0.343 e. The van der Waals surface area contributed by atoms with E-state index >= 15 is 0 Å². The number of hydrogen-bond donors (Lipinski definition) is 0. The summed E-state index contributed by atoms with van der Waals surface area (Å²) in [7, 11) is -3.66. The summed E-state index contributed by atoms with van der Waals surface area (Å²) in [5, 5.41) is 0. The molecular formula is C19H21NO5S. The molecule has 0 saturated heterocycles. The standard InChI is InChI=1S/C19H21NO5S/c1-4-20(5-2)26(23,24)18-8-6-7-16(13-18)19(22)25-17-11-9-15(10-12-17)14(3)21/h6-13H,4-5H2,1-3H3. The first kappa shape index (κ1) is 19.8. The van der Waals surface area contributed by atoms with E-state index in [1.54, 1.807) is 26.0 Å². The maximum atomic E-state index is 12.6. The van der Waals surface area contributed by atoms with Gasteiger partial charge in [-0.2, -0.15) is 4.31 Å². The first-order valence-electron chi connectivity index (χ1n) is 8.23. The van der Waals surface area contributed by atoms with E-state index in [-0.39, 0.29) is 22.0 Å². The quantitative estimate of drug-likeness (QED) is 0.422. The van der Waals surface area contributed by atoms with Crippen LogP contribution in [0, 0.1) is 0 Å². The average Bonchev–Trinajstić information content (AvgIpc) is 2.63. The molecule has 0 bridgehead atoms. The van der Waals surface area contributed by atoms with E-state index in [9.17, 15) is 18.0 Å². The van der Waals surface area contributed by atoms with Gasteiger partial charge in [-0.15, -0.1) is 0 Å². The predicted octanol–water partition coefficient (Wildman–Crippen LogP) is 3.14. The van der Waals surface area contributed by atoms with Gasteiger partial charge in [0.05, 0.1) is 10.5 Å². The minimum Gasteiger partial charge on any atom is -0.423 e. The van der Waals surface area contributed by atoms with Crippen LogP contribution in [-0.4, -0.2) is 37.6 Å². The van der Waals surface area contributed by atoms with Crippen LogP contribution in [0.3, 0.4) is 0 Å². The summed E-state index contributed by atoms with van der Waals surface area (Å²) in [6.45, 7) is 5.64. The van der Waals surface area contributed by atoms with Gasteiger partial charge in [-0.05, 0) is 49.4 Å². The molecular weight excluding hydrogens is 354 g/mol. The van der Waals surface area contributed by atoms with E-state index in [0.29, 0.717) is 18.7 Å². The molecule has 2 aromatic rings. The molecule has 0 spiro atoms. The van der Waals surface area contributed by atoms with Crippen LogP contribution in [0.1, 0.15) is 41.5 Å². The first-order chi connectivity index (χ1) is 12.3. The van der Waals surface area contributed by atoms with Gasteiger partial charge in [0.2, 0.25) is 10.0 Å². The summed E-state index contributed by atoms with van der Waals surface area (Å²) in [5.74, 6) is -0.480. The Morgan fingerprint density at radius 1 is 0.962 bits per heavy atom. The van der Waals surface area contributed by atoms with Crippen molar-refractivity contribution < 1.29 is 22.7 Å². The molecule has 26 heavy (non-hydrogen) atoms. The van der Waals surface area contributed by atoms with Gasteiger partial charge in [0, 0.05) is 18.7 Å². The molecule has 0 atom stereocenters. The third-order valence-corrected chi connectivity index (χ3v) is 5.93. The van der Waals surface area contributed by atoms with E-state index < -0.39 is 16.0 Å². The molecule has 2 aromatic carbocycles. The number of ketones is 1. The Bertz CT molecular complexity index is 900. The Morgan fingerprint density at radius 2 is 1.58 bits per heavy atom. The molecule has 0 saturated carbocycles. The SMILES string of the molecule is CCN(CC)S(=O)(=O)c1cccc(C(=O)Oc2ccc(C(C)=O)cc2)c1. The first-order valence-corrected chi connectivity index (χ1v) is 9.67. The molecule has 0 aliphatic carbocycles. The summed E-state index contributed by atoms with van der Waals surface area (Å²) in [4.78, 5) is 23.6. The zero-order chi connectivity index (χ0) is 19.3. The van der Waals surface area contributed by atoms with Crippen molar-refractivity contribution in [2.75, 3.05) is 13.1 Å². The summed E-state index contributed by atoms with van der Waals surface area (Å²) in [6, 6.07) is 11.9. The Morgan fingerprint density at radius 3 is 2.12 bits per heavy atom. The molecule has 0 fully saturated rings. The number of ether oxygens (including phenoxy) is 1. The second-order valence-electron chi connectivity index (χ2n) is 5.59. The van der Waals surface area contributed by atoms with Gasteiger partial charge < -0.3 is 4.74 Å². The van der Waals surface area contributed by atoms with Crippen LogP contribution >= 0.6 is 0 Å². The molecule has 7 heteroatoms. The van der Waals surface area contributed by atoms with E-state index in [1.807, 2.05) is 0 Å². The van der Waals surface area contributed by atoms with Crippen LogP contribution in [0.25, 0.3) is 0 Å². The van der Waals surface area contributed by atoms with Gasteiger partial charge in [-0.1, -0.05) is 19.9 Å². The lowest BCUT2D eigenvalue weighted by Gasteiger charge is -2.18. The fraction of sp³-hybridized carbons (Fsp3) is 0.263. The molecule has 0 N–H and O–H groups in total. The number of rotatable bonds is 7. The van der Waals surface area contributed by atoms with E-state index in [4.69, 9.17) is 4.74 Å². The van der Waals surface area contributed by atoms with Crippen molar-refractivity contribution in [3.63, 3.8) is 0 Å². The number of sulfonamides is 1. The molecule has 2 rings (SSSR count). The van der Waals surface area contributed by atoms with Crippen LogP contribution in [0.2, 0.25) is 0 Å². The lowest BCUT2D eigenvalue weighted by Crippen LogP contribution is -2.30. The number of carbonyl (C=O) groups excluding carboxylic acids is 2. The minimum atomic E-state index is -3.66. The fourth-order valence-corrected chi connectivity index (χ4v) is 3.92. The number of benzene rings is 2. The van der Waals surface area contributed by atoms with Crippen LogP contribution in [0.4, 0.5) is 0 Å². The van der Waals surface area contributed by atoms with Crippen molar-refractivity contribution in [2.45, 2.75) is 25.7 Å². The van der Waals surface area contributed by atoms with Crippen LogP contribution in [-0.2, 0) is 10.0 Å². The molecule has 0 heterocycles. The zero-order valence-corrected chi connectivity index (χ0v) is 15.7. The third kappa shape index (κ3) is 4.36. The minimum absolute atomic E-state index is 0.0441. The third-order valence-electron chi connectivity index (χ3n) is 3.88. The molecule has 138 valence electrons. The van der Waals surface area contributed by atoms with Gasteiger partial charge in [0.15, 0.2) is 5.78 Å². The molecule has 0 aromatic heterocycles. The van der Waals surface area contributed by atoms with Gasteiger partial charge in [0.25, 0.3) is 0 Å². The number of hydrogen-bond acceptors (Lipinski definition) is 5. The van der Waals surface area contributed by atoms with Gasteiger partial charge >= 0.3 is 5.97 Å². The van der Waals surface area contributed by atoms with Crippen molar-refractivity contribution in [2.24, 2.45) is 0 Å².